The summed E-state index contributed by atoms with van der Waals surface area (Å²) >= 11 is 0. The number of aliphatic hydroxyl groups excluding tert-OH is 1. The molecule has 0 saturated carbocycles. The maximum Gasteiger partial charge on any atom is 0.159 e. The number of ketones is 1. The third-order valence-corrected chi connectivity index (χ3v) is 15.1. The van der Waals surface area contributed by atoms with Crippen LogP contribution in [-0.2, 0) is 27.5 Å². The largest absolute Gasteiger partial charge is 0.512 e. The van der Waals surface area contributed by atoms with E-state index in [1.54, 1.807) is 6.92 Å². The van der Waals surface area contributed by atoms with Crippen LogP contribution in [0.25, 0.3) is 77.8 Å². The molecule has 366 valence electrons. The number of aliphatic hydroxyl groups is 1. The zero-order valence-corrected chi connectivity index (χ0v) is 44.3. The highest BCUT2D eigenvalue weighted by atomic mass is 16.3. The first-order valence-electron chi connectivity index (χ1n) is 25.7. The summed E-state index contributed by atoms with van der Waals surface area (Å²) < 4.78 is 0. The van der Waals surface area contributed by atoms with E-state index < -0.39 is 0 Å². The quantitative estimate of drug-likeness (QED) is 0.0542. The van der Waals surface area contributed by atoms with Gasteiger partial charge in [-0.15, -0.1) is 0 Å². The van der Waals surface area contributed by atoms with Crippen LogP contribution in [0.4, 0.5) is 0 Å². The zero-order valence-electron chi connectivity index (χ0n) is 44.3. The summed E-state index contributed by atoms with van der Waals surface area (Å²) in [5.41, 5.74) is 21.5. The Morgan fingerprint density at radius 1 is 0.658 bits per heavy atom. The van der Waals surface area contributed by atoms with Crippen LogP contribution in [0, 0.1) is 0 Å². The van der Waals surface area contributed by atoms with Gasteiger partial charge in [-0.25, -0.2) is 0 Å². The number of aliphatic imine (C=N–C) groups is 1. The number of nitrogens with zero attached hydrogens (tertiary/aromatic N) is 2. The van der Waals surface area contributed by atoms with Crippen molar-refractivity contribution in [2.75, 3.05) is 0 Å². The van der Waals surface area contributed by atoms with Gasteiger partial charge in [0.2, 0.25) is 0 Å². The minimum absolute atomic E-state index is 0.00785. The molecule has 0 radical (unpaired) electrons. The Bertz CT molecular complexity index is 3530. The number of rotatable bonds is 13. The zero-order chi connectivity index (χ0) is 51.8. The van der Waals surface area contributed by atoms with Gasteiger partial charge in [0, 0.05) is 29.8 Å². The van der Waals surface area contributed by atoms with Crippen molar-refractivity contribution in [3.8, 4) is 55.8 Å². The van der Waals surface area contributed by atoms with Crippen LogP contribution in [-0.4, -0.2) is 22.6 Å². The van der Waals surface area contributed by atoms with Gasteiger partial charge in [0.1, 0.15) is 0 Å². The number of aryl methyl sites for hydroxylation is 1. The summed E-state index contributed by atoms with van der Waals surface area (Å²) in [4.78, 5) is 22.5. The van der Waals surface area contributed by atoms with Gasteiger partial charge in [-0.2, -0.15) is 0 Å². The Kier molecular flexibility index (Phi) is 13.8. The molecule has 1 heterocycles. The second kappa shape index (κ2) is 20.1. The number of aromatic nitrogens is 1. The summed E-state index contributed by atoms with van der Waals surface area (Å²) in [6, 6.07) is 57.1. The number of allylic oxidation sites excluding steroid dienone is 5. The number of hydrogen-bond acceptors (Lipinski definition) is 4. The third-order valence-electron chi connectivity index (χ3n) is 15.1. The lowest BCUT2D eigenvalue weighted by Crippen LogP contribution is -2.17. The van der Waals surface area contributed by atoms with E-state index in [9.17, 15) is 9.90 Å². The molecule has 0 unspecified atom stereocenters. The first-order valence-corrected chi connectivity index (χ1v) is 25.7. The van der Waals surface area contributed by atoms with Crippen LogP contribution in [0.5, 0.6) is 0 Å². The first kappa shape index (κ1) is 50.3. The summed E-state index contributed by atoms with van der Waals surface area (Å²) in [6.07, 6.45) is 7.31. The van der Waals surface area contributed by atoms with Crippen molar-refractivity contribution in [1.29, 1.82) is 0 Å². The van der Waals surface area contributed by atoms with Crippen LogP contribution in [0.3, 0.4) is 0 Å². The number of hydrogen-bond donors (Lipinski definition) is 1. The molecule has 1 N–H and O–H groups in total. The van der Waals surface area contributed by atoms with Gasteiger partial charge in [0.25, 0.3) is 0 Å². The summed E-state index contributed by atoms with van der Waals surface area (Å²) in [7, 11) is 0. The molecule has 1 aliphatic rings. The number of carbonyl (C=O) groups is 1. The standard InChI is InChI=1S/C69H68N2O2/c1-44(38-64(70-11)52-32-35-62-63(41-52)69(9,10)43-68(62,7)8)46(3)55-19-14-15-21-57(55)51-31-34-60(66-50(30-33-54(73)39-45(2)72)29-26-47-18-12-13-22-58(47)66)61(40-51)59-23-17-16-20-56(59)48-24-27-49(28-25-48)65-42-53(36-37-71-65)67(4,5)6/h12-29,31-32,34-42,72H,11,30,33,43H2,1-10H3/b45-39-,46-44+,64-38-. The molecule has 1 aromatic heterocycles. The van der Waals surface area contributed by atoms with Crippen LogP contribution < -0.4 is 0 Å². The molecule has 4 heteroatoms. The number of carbonyl (C=O) groups excluding carboxylic acids is 1. The highest BCUT2D eigenvalue weighted by Gasteiger charge is 2.41. The van der Waals surface area contributed by atoms with E-state index in [4.69, 9.17) is 4.98 Å². The number of benzene rings is 7. The summed E-state index contributed by atoms with van der Waals surface area (Å²) in [5, 5.41) is 12.2. The van der Waals surface area contributed by atoms with Gasteiger partial charge < -0.3 is 5.11 Å². The van der Waals surface area contributed by atoms with E-state index in [1.165, 1.54) is 22.8 Å². The second-order valence-electron chi connectivity index (χ2n) is 22.4. The molecule has 0 amide bonds. The van der Waals surface area contributed by atoms with E-state index in [2.05, 4.69) is 238 Å². The number of fused-ring (bicyclic) bond motifs is 2. The molecule has 8 aromatic rings. The van der Waals surface area contributed by atoms with Gasteiger partial charge in [-0.05, 0) is 181 Å². The molecule has 0 spiro atoms. The fourth-order valence-corrected chi connectivity index (χ4v) is 11.4. The molecule has 4 nitrogen and oxygen atoms in total. The summed E-state index contributed by atoms with van der Waals surface area (Å²) in [5.74, 6) is -0.0899. The highest BCUT2D eigenvalue weighted by molar-refractivity contribution is 6.05. The molecular formula is C69H68N2O2. The molecule has 0 fully saturated rings. The average molecular weight is 957 g/mol. The first-order chi connectivity index (χ1) is 34.8. The fraction of sp³-hybridized carbons (Fsp3) is 0.232. The van der Waals surface area contributed by atoms with Crippen molar-refractivity contribution in [2.24, 2.45) is 4.99 Å². The molecule has 0 bridgehead atoms. The van der Waals surface area contributed by atoms with Crippen molar-refractivity contribution in [2.45, 2.75) is 105 Å². The Hall–Kier alpha value is -7.69. The van der Waals surface area contributed by atoms with Crippen molar-refractivity contribution in [3.05, 3.63) is 221 Å². The van der Waals surface area contributed by atoms with Crippen molar-refractivity contribution < 1.29 is 9.90 Å². The fourth-order valence-electron chi connectivity index (χ4n) is 11.4. The van der Waals surface area contributed by atoms with Crippen molar-refractivity contribution in [1.82, 2.24) is 4.98 Å². The van der Waals surface area contributed by atoms with E-state index in [0.717, 1.165) is 106 Å². The maximum absolute atomic E-state index is 13.1. The normalized spacial score (nSPS) is 14.7. The molecule has 9 rings (SSSR count). The topological polar surface area (TPSA) is 62.5 Å². The predicted octanol–water partition coefficient (Wildman–Crippen LogP) is 18.3. The lowest BCUT2D eigenvalue weighted by molar-refractivity contribution is -0.114. The maximum atomic E-state index is 13.1. The Morgan fingerprint density at radius 3 is 2.04 bits per heavy atom. The van der Waals surface area contributed by atoms with Crippen LogP contribution in [0.1, 0.15) is 115 Å². The lowest BCUT2D eigenvalue weighted by atomic mass is 9.82. The van der Waals surface area contributed by atoms with Gasteiger partial charge in [0.05, 0.1) is 17.2 Å². The van der Waals surface area contributed by atoms with E-state index in [1.807, 2.05) is 6.20 Å². The molecule has 0 saturated heterocycles. The van der Waals surface area contributed by atoms with E-state index >= 15 is 0 Å². The smallest absolute Gasteiger partial charge is 0.159 e. The predicted molar refractivity (Wildman–Crippen MR) is 310 cm³/mol. The highest BCUT2D eigenvalue weighted by Crippen LogP contribution is 2.50. The Morgan fingerprint density at radius 2 is 1.32 bits per heavy atom. The van der Waals surface area contributed by atoms with Crippen LogP contribution in [0.15, 0.2) is 192 Å². The lowest BCUT2D eigenvalue weighted by Gasteiger charge is -2.22. The SMILES string of the molecule is C=N/C(=C\C(C)=C(/C)c1ccccc1-c1ccc(-c2c(CCC(=O)/C=C(/C)O)ccc3ccccc23)c(-c2ccccc2-c2ccc(-c3cc(C(C)(C)C)ccn3)cc2)c1)c1ccc2c(c1)C(C)(C)CC2(C)C. The molecule has 1 aliphatic carbocycles. The third kappa shape index (κ3) is 10.4. The molecular weight excluding hydrogens is 889 g/mol. The Labute approximate surface area is 433 Å². The minimum atomic E-state index is -0.106. The molecule has 73 heavy (non-hydrogen) atoms. The Balaban J connectivity index is 1.21. The van der Waals surface area contributed by atoms with E-state index in [0.29, 0.717) is 6.42 Å². The van der Waals surface area contributed by atoms with E-state index in [-0.39, 0.29) is 34.2 Å². The average Bonchev–Trinajstić information content (AvgIpc) is 3.57. The number of pyridine rings is 1. The van der Waals surface area contributed by atoms with Gasteiger partial charge in [-0.3, -0.25) is 14.8 Å². The van der Waals surface area contributed by atoms with Gasteiger partial charge in [0.15, 0.2) is 5.78 Å². The van der Waals surface area contributed by atoms with Crippen molar-refractivity contribution in [3.63, 3.8) is 0 Å². The molecule has 7 aromatic carbocycles. The summed E-state index contributed by atoms with van der Waals surface area (Å²) in [6.45, 7) is 26.1. The molecule has 0 aliphatic heterocycles. The van der Waals surface area contributed by atoms with Crippen molar-refractivity contribution >= 4 is 34.5 Å². The van der Waals surface area contributed by atoms with Gasteiger partial charge in [-0.1, -0.05) is 182 Å². The second-order valence-corrected chi connectivity index (χ2v) is 22.4. The molecule has 0 atom stereocenters. The van der Waals surface area contributed by atoms with Gasteiger partial charge >= 0.3 is 0 Å². The van der Waals surface area contributed by atoms with Crippen LogP contribution in [0.2, 0.25) is 0 Å². The monoisotopic (exact) mass is 957 g/mol. The minimum Gasteiger partial charge on any atom is -0.512 e. The van der Waals surface area contributed by atoms with Crippen LogP contribution >= 0.6 is 0 Å².